The third-order valence-corrected chi connectivity index (χ3v) is 10.8. The molecule has 0 aromatic carbocycles. The quantitative estimate of drug-likeness (QED) is 0.219. The molecule has 0 aromatic rings. The maximum Gasteiger partial charge on any atom is 0.408 e. The van der Waals surface area contributed by atoms with E-state index in [4.69, 9.17) is 9.47 Å². The minimum Gasteiger partial charge on any atom is -0.479 e. The van der Waals surface area contributed by atoms with E-state index in [1.165, 1.54) is 17.7 Å². The van der Waals surface area contributed by atoms with Gasteiger partial charge in [-0.3, -0.25) is 9.59 Å². The predicted octanol–water partition coefficient (Wildman–Crippen LogP) is 2.47. The van der Waals surface area contributed by atoms with Crippen LogP contribution in [0.1, 0.15) is 104 Å². The lowest BCUT2D eigenvalue weighted by atomic mass is 9.85. The Morgan fingerprint density at radius 1 is 1.06 bits per heavy atom. The summed E-state index contributed by atoms with van der Waals surface area (Å²) in [5.41, 5.74) is 8.01. The van der Waals surface area contributed by atoms with Gasteiger partial charge in [0.2, 0.25) is 11.8 Å². The number of nitrogens with one attached hydrogen (secondary N) is 5. The van der Waals surface area contributed by atoms with Gasteiger partial charge in [0.15, 0.2) is 0 Å². The van der Waals surface area contributed by atoms with Crippen molar-refractivity contribution in [3.05, 3.63) is 12.2 Å². The average Bonchev–Trinajstić information content (AvgIpc) is 3.87. The topological polar surface area (TPSA) is 174 Å². The molecule has 6 rings (SSSR count). The summed E-state index contributed by atoms with van der Waals surface area (Å²) >= 11 is 0. The second kappa shape index (κ2) is 14.6. The van der Waals surface area contributed by atoms with Crippen molar-refractivity contribution in [2.24, 2.45) is 17.8 Å². The SMILES string of the molecule is CC(C)(C)OC(=O)N[C@@H]1CCCCC/C=C\[C@@H]2C[C@]2(C(=O)O)NC(=O)[C@@H]2CC(N3NNC(C4CCC(OCC5CC5)CC4)N3)CN2C1=O. The molecule has 3 heterocycles. The molecular formula is C34H55N7O7. The molecule has 6 N–H and O–H groups in total. The zero-order chi connectivity index (χ0) is 34.1. The van der Waals surface area contributed by atoms with Crippen molar-refractivity contribution < 1.29 is 33.8 Å². The van der Waals surface area contributed by atoms with Crippen LogP contribution in [0.2, 0.25) is 0 Å². The van der Waals surface area contributed by atoms with E-state index in [2.05, 4.69) is 27.0 Å². The number of fused-ring (bicyclic) bond motifs is 2. The Morgan fingerprint density at radius 3 is 2.54 bits per heavy atom. The monoisotopic (exact) mass is 673 g/mol. The van der Waals surface area contributed by atoms with Gasteiger partial charge in [-0.25, -0.2) is 20.4 Å². The number of hydrazine groups is 3. The number of alkyl carbamates (subject to hydrolysis) is 1. The summed E-state index contributed by atoms with van der Waals surface area (Å²) in [6, 6.07) is -2.10. The highest BCUT2D eigenvalue weighted by Gasteiger charge is 2.61. The van der Waals surface area contributed by atoms with E-state index < -0.39 is 41.2 Å². The zero-order valence-corrected chi connectivity index (χ0v) is 28.7. The van der Waals surface area contributed by atoms with Crippen LogP contribution in [0.15, 0.2) is 12.2 Å². The largest absolute Gasteiger partial charge is 0.479 e. The van der Waals surface area contributed by atoms with Gasteiger partial charge in [0.05, 0.1) is 18.3 Å². The number of allylic oxidation sites excluding steroid dienone is 1. The molecule has 3 saturated carbocycles. The second-order valence-electron chi connectivity index (χ2n) is 15.8. The first-order valence-corrected chi connectivity index (χ1v) is 18.1. The van der Waals surface area contributed by atoms with Crippen LogP contribution >= 0.6 is 0 Å². The van der Waals surface area contributed by atoms with Crippen LogP contribution in [-0.2, 0) is 23.9 Å². The Labute approximate surface area is 283 Å². The van der Waals surface area contributed by atoms with Crippen LogP contribution in [0.25, 0.3) is 0 Å². The van der Waals surface area contributed by atoms with Crippen molar-refractivity contribution in [1.82, 2.24) is 37.0 Å². The number of rotatable bonds is 7. The van der Waals surface area contributed by atoms with Crippen molar-refractivity contribution >= 4 is 23.9 Å². The second-order valence-corrected chi connectivity index (χ2v) is 15.8. The molecule has 0 spiro atoms. The van der Waals surface area contributed by atoms with E-state index in [-0.39, 0.29) is 37.0 Å². The number of carboxylic acids is 1. The van der Waals surface area contributed by atoms with Crippen molar-refractivity contribution in [3.8, 4) is 0 Å². The predicted molar refractivity (Wildman–Crippen MR) is 175 cm³/mol. The van der Waals surface area contributed by atoms with E-state index in [0.29, 0.717) is 31.3 Å². The van der Waals surface area contributed by atoms with Crippen molar-refractivity contribution in [2.45, 2.75) is 146 Å². The van der Waals surface area contributed by atoms with Gasteiger partial charge >= 0.3 is 12.1 Å². The maximum absolute atomic E-state index is 14.3. The first kappa shape index (κ1) is 35.1. The molecule has 5 fully saturated rings. The Balaban J connectivity index is 1.15. The van der Waals surface area contributed by atoms with Crippen molar-refractivity contribution in [2.75, 3.05) is 13.2 Å². The number of hydrogen-bond donors (Lipinski definition) is 6. The highest BCUT2D eigenvalue weighted by molar-refractivity contribution is 5.96. The fourth-order valence-corrected chi connectivity index (χ4v) is 7.63. The number of hydrogen-bond acceptors (Lipinski definition) is 10. The lowest BCUT2D eigenvalue weighted by Crippen LogP contribution is -2.56. The van der Waals surface area contributed by atoms with Gasteiger partial charge in [0, 0.05) is 19.1 Å². The third-order valence-electron chi connectivity index (χ3n) is 10.8. The number of carbonyl (C=O) groups is 4. The molecule has 48 heavy (non-hydrogen) atoms. The molecule has 2 unspecified atom stereocenters. The Kier molecular flexibility index (Phi) is 10.7. The Bertz CT molecular complexity index is 1230. The fraction of sp³-hybridized carbons (Fsp3) is 0.824. The fourth-order valence-electron chi connectivity index (χ4n) is 7.63. The van der Waals surface area contributed by atoms with Crippen LogP contribution in [0.3, 0.4) is 0 Å². The minimum absolute atomic E-state index is 0.0205. The first-order chi connectivity index (χ1) is 22.9. The van der Waals surface area contributed by atoms with Crippen LogP contribution in [0.4, 0.5) is 4.79 Å². The molecule has 3 aliphatic carbocycles. The third kappa shape index (κ3) is 8.50. The van der Waals surface area contributed by atoms with Crippen LogP contribution in [0, 0.1) is 17.8 Å². The summed E-state index contributed by atoms with van der Waals surface area (Å²) in [6.07, 6.45) is 14.4. The summed E-state index contributed by atoms with van der Waals surface area (Å²) in [7, 11) is 0. The van der Waals surface area contributed by atoms with Gasteiger partial charge in [-0.15, -0.1) is 0 Å². The van der Waals surface area contributed by atoms with Crippen molar-refractivity contribution in [1.29, 1.82) is 0 Å². The summed E-state index contributed by atoms with van der Waals surface area (Å²) < 4.78 is 11.6. The highest BCUT2D eigenvalue weighted by Crippen LogP contribution is 2.45. The lowest BCUT2D eigenvalue weighted by molar-refractivity contribution is -0.145. The number of aliphatic carboxylic acids is 1. The minimum atomic E-state index is -1.38. The van der Waals surface area contributed by atoms with Gasteiger partial charge in [-0.05, 0) is 103 Å². The van der Waals surface area contributed by atoms with E-state index in [1.54, 1.807) is 20.8 Å². The Hall–Kier alpha value is -2.78. The number of ether oxygens (including phenoxy) is 2. The maximum atomic E-state index is 14.3. The summed E-state index contributed by atoms with van der Waals surface area (Å²) in [6.45, 7) is 6.38. The zero-order valence-electron chi connectivity index (χ0n) is 28.7. The van der Waals surface area contributed by atoms with Crippen LogP contribution in [-0.4, -0.2) is 93.7 Å². The molecule has 0 radical (unpaired) electrons. The normalized spacial score (nSPS) is 37.4. The number of carbonyl (C=O) groups excluding carboxylic acids is 3. The highest BCUT2D eigenvalue weighted by atomic mass is 16.6. The first-order valence-electron chi connectivity index (χ1n) is 18.1. The van der Waals surface area contributed by atoms with Gasteiger partial charge in [-0.2, -0.15) is 10.7 Å². The van der Waals surface area contributed by atoms with E-state index >= 15 is 0 Å². The van der Waals surface area contributed by atoms with Gasteiger partial charge in [-0.1, -0.05) is 25.0 Å². The van der Waals surface area contributed by atoms with Gasteiger partial charge < -0.3 is 30.1 Å². The standard InChI is InChI=1S/C34H55N7O7/c1-33(2,3)48-32(46)35-26-10-8-6-4-5-7-9-23-18-34(23,31(44)45)36-29(42)27-17-24(19-40(27)30(26)43)41-38-28(37-39-41)22-13-15-25(16-14-22)47-20-21-11-12-21/h7,9,21-28,37-39H,4-6,8,10-20H2,1-3H3,(H,35,46)(H,36,42)(H,44,45)/b9-7-/t22?,23-,24?,25?,26-,27+,28?,34+/m1/s1. The number of carboxylic acid groups (broad SMARTS) is 1. The smallest absolute Gasteiger partial charge is 0.408 e. The molecule has 14 nitrogen and oxygen atoms in total. The van der Waals surface area contributed by atoms with E-state index in [9.17, 15) is 24.3 Å². The molecule has 268 valence electrons. The van der Waals surface area contributed by atoms with Gasteiger partial charge in [0.25, 0.3) is 0 Å². The van der Waals surface area contributed by atoms with E-state index in [1.807, 2.05) is 17.3 Å². The summed E-state index contributed by atoms with van der Waals surface area (Å²) in [4.78, 5) is 55.0. The Morgan fingerprint density at radius 2 is 1.83 bits per heavy atom. The van der Waals surface area contributed by atoms with Crippen molar-refractivity contribution in [3.63, 3.8) is 0 Å². The van der Waals surface area contributed by atoms with E-state index in [0.717, 1.165) is 57.5 Å². The molecule has 3 aliphatic heterocycles. The molecule has 14 heteroatoms. The summed E-state index contributed by atoms with van der Waals surface area (Å²) in [5, 5.41) is 17.6. The molecular weight excluding hydrogens is 618 g/mol. The molecule has 0 bridgehead atoms. The number of nitrogens with zero attached hydrogens (tertiary/aromatic N) is 2. The lowest BCUT2D eigenvalue weighted by Gasteiger charge is -2.32. The molecule has 6 aliphatic rings. The summed E-state index contributed by atoms with van der Waals surface area (Å²) in [5.74, 6) is -1.10. The average molecular weight is 674 g/mol. The number of amides is 3. The van der Waals surface area contributed by atoms with Crippen LogP contribution in [0.5, 0.6) is 0 Å². The molecule has 0 aromatic heterocycles. The molecule has 6 atom stereocenters. The molecule has 3 amide bonds. The molecule has 2 saturated heterocycles. The van der Waals surface area contributed by atoms with Crippen LogP contribution < -0.4 is 27.0 Å². The van der Waals surface area contributed by atoms with Gasteiger partial charge in [0.1, 0.15) is 23.2 Å².